The number of H-pyrrole nitrogens is 1. The Balaban J connectivity index is 1.42. The molecule has 0 saturated carbocycles. The maximum atomic E-state index is 14.4. The Morgan fingerprint density at radius 2 is 2.05 bits per heavy atom. The molecule has 4 aromatic rings. The topological polar surface area (TPSA) is 176 Å². The van der Waals surface area contributed by atoms with E-state index in [-0.39, 0.29) is 36.7 Å². The number of hydrogen-bond donors (Lipinski definition) is 4. The van der Waals surface area contributed by atoms with Crippen LogP contribution in [-0.2, 0) is 16.1 Å². The Kier molecular flexibility index (Phi) is 6.17. The number of halogens is 1. The summed E-state index contributed by atoms with van der Waals surface area (Å²) in [5, 5.41) is 23.0. The molecular formula is C24H22FN9O3. The molecule has 0 bridgehead atoms. The normalized spacial score (nSPS) is 17.2. The zero-order valence-corrected chi connectivity index (χ0v) is 19.4. The fourth-order valence-electron chi connectivity index (χ4n) is 4.40. The lowest BCUT2D eigenvalue weighted by Gasteiger charge is -2.23. The van der Waals surface area contributed by atoms with Gasteiger partial charge < -0.3 is 20.9 Å². The van der Waals surface area contributed by atoms with Gasteiger partial charge in [-0.15, -0.1) is 0 Å². The molecule has 3 aromatic heterocycles. The van der Waals surface area contributed by atoms with Crippen molar-refractivity contribution in [2.24, 2.45) is 5.73 Å². The Morgan fingerprint density at radius 3 is 2.78 bits per heavy atom. The second-order valence-corrected chi connectivity index (χ2v) is 8.59. The quantitative estimate of drug-likeness (QED) is 0.224. The molecule has 5 rings (SSSR count). The molecule has 0 radical (unpaired) electrons. The van der Waals surface area contributed by atoms with Crippen molar-refractivity contribution >= 4 is 34.2 Å². The maximum absolute atomic E-state index is 14.4. The van der Waals surface area contributed by atoms with E-state index in [1.165, 1.54) is 23.1 Å². The highest BCUT2D eigenvalue weighted by Crippen LogP contribution is 2.27. The zero-order chi connectivity index (χ0) is 26.1. The minimum Gasteiger partial charge on any atom is -0.382 e. The van der Waals surface area contributed by atoms with Crippen molar-refractivity contribution in [3.05, 3.63) is 71.0 Å². The van der Waals surface area contributed by atoms with Crippen LogP contribution in [0.25, 0.3) is 22.0 Å². The highest BCUT2D eigenvalue weighted by molar-refractivity contribution is 6.06. The van der Waals surface area contributed by atoms with Crippen molar-refractivity contribution in [2.75, 3.05) is 11.9 Å². The minimum atomic E-state index is -1.40. The van der Waals surface area contributed by atoms with Crippen molar-refractivity contribution < 1.29 is 14.0 Å². The SMILES string of the molecule is N=C(N)c1nn(CC(=O)N2CC(F)CC2C(=O)Nc2c[nH]ccc2=O)c2ccc(-c3ccnnc3)cc12. The van der Waals surface area contributed by atoms with Crippen LogP contribution in [0.2, 0.25) is 0 Å². The monoisotopic (exact) mass is 503 g/mol. The molecule has 4 heterocycles. The van der Waals surface area contributed by atoms with Gasteiger partial charge in [-0.25, -0.2) is 4.39 Å². The third kappa shape index (κ3) is 4.66. The van der Waals surface area contributed by atoms with Crippen LogP contribution in [-0.4, -0.2) is 66.3 Å². The summed E-state index contributed by atoms with van der Waals surface area (Å²) < 4.78 is 15.7. The number of likely N-dealkylation sites (tertiary alicyclic amines) is 1. The van der Waals surface area contributed by atoms with E-state index < -0.39 is 29.5 Å². The number of benzene rings is 1. The maximum Gasteiger partial charge on any atom is 0.247 e. The van der Waals surface area contributed by atoms with Gasteiger partial charge in [-0.05, 0) is 23.8 Å². The number of nitrogens with two attached hydrogens (primary N) is 1. The number of carbonyl (C=O) groups excluding carboxylic acids is 2. The molecule has 1 aliphatic rings. The van der Waals surface area contributed by atoms with E-state index in [9.17, 15) is 18.8 Å². The van der Waals surface area contributed by atoms with Crippen LogP contribution in [0.5, 0.6) is 0 Å². The molecule has 2 amide bonds. The first-order chi connectivity index (χ1) is 17.8. The Bertz CT molecular complexity index is 1570. The zero-order valence-electron chi connectivity index (χ0n) is 19.4. The van der Waals surface area contributed by atoms with Gasteiger partial charge in [-0.2, -0.15) is 15.3 Å². The third-order valence-corrected chi connectivity index (χ3v) is 6.16. The molecule has 188 valence electrons. The third-order valence-electron chi connectivity index (χ3n) is 6.16. The Morgan fingerprint density at radius 1 is 1.22 bits per heavy atom. The number of anilines is 1. The van der Waals surface area contributed by atoms with Gasteiger partial charge in [-0.3, -0.25) is 24.5 Å². The van der Waals surface area contributed by atoms with Gasteiger partial charge in [0.1, 0.15) is 36.0 Å². The Hall–Kier alpha value is -4.94. The van der Waals surface area contributed by atoms with Crippen molar-refractivity contribution in [3.63, 3.8) is 0 Å². The molecule has 5 N–H and O–H groups in total. The number of hydrogen-bond acceptors (Lipinski definition) is 7. The van der Waals surface area contributed by atoms with Crippen LogP contribution < -0.4 is 16.5 Å². The van der Waals surface area contributed by atoms with E-state index in [1.807, 2.05) is 6.07 Å². The molecule has 1 fully saturated rings. The fraction of sp³-hybridized carbons (Fsp3) is 0.208. The van der Waals surface area contributed by atoms with E-state index in [0.29, 0.717) is 10.9 Å². The van der Waals surface area contributed by atoms with Crippen LogP contribution in [0.15, 0.2) is 59.9 Å². The number of carbonyl (C=O) groups is 2. The van der Waals surface area contributed by atoms with Crippen molar-refractivity contribution in [1.82, 2.24) is 29.9 Å². The molecule has 37 heavy (non-hydrogen) atoms. The number of nitrogens with zero attached hydrogens (tertiary/aromatic N) is 5. The number of alkyl halides is 1. The van der Waals surface area contributed by atoms with E-state index >= 15 is 0 Å². The molecule has 1 aromatic carbocycles. The van der Waals surface area contributed by atoms with Crippen LogP contribution >= 0.6 is 0 Å². The molecule has 0 spiro atoms. The summed E-state index contributed by atoms with van der Waals surface area (Å²) in [7, 11) is 0. The first kappa shape index (κ1) is 23.8. The average molecular weight is 503 g/mol. The van der Waals surface area contributed by atoms with Crippen molar-refractivity contribution in [2.45, 2.75) is 25.2 Å². The largest absolute Gasteiger partial charge is 0.382 e. The van der Waals surface area contributed by atoms with Gasteiger partial charge in [0.25, 0.3) is 0 Å². The number of aromatic nitrogens is 5. The number of nitrogens with one attached hydrogen (secondary N) is 3. The number of rotatable bonds is 6. The Labute approximate surface area is 208 Å². The number of fused-ring (bicyclic) bond motifs is 1. The van der Waals surface area contributed by atoms with E-state index in [2.05, 4.69) is 25.6 Å². The van der Waals surface area contributed by atoms with Crippen LogP contribution in [0.4, 0.5) is 10.1 Å². The molecule has 2 atom stereocenters. The molecule has 13 heteroatoms. The summed E-state index contributed by atoms with van der Waals surface area (Å²) in [4.78, 5) is 41.9. The number of amidine groups is 1. The summed E-state index contributed by atoms with van der Waals surface area (Å²) in [6, 6.07) is 7.28. The highest BCUT2D eigenvalue weighted by atomic mass is 19.1. The van der Waals surface area contributed by atoms with Gasteiger partial charge >= 0.3 is 0 Å². The van der Waals surface area contributed by atoms with E-state index in [4.69, 9.17) is 11.1 Å². The highest BCUT2D eigenvalue weighted by Gasteiger charge is 2.40. The average Bonchev–Trinajstić information content (AvgIpc) is 3.46. The fourth-order valence-corrected chi connectivity index (χ4v) is 4.40. The van der Waals surface area contributed by atoms with Crippen LogP contribution in [0.1, 0.15) is 12.1 Å². The van der Waals surface area contributed by atoms with Crippen LogP contribution in [0, 0.1) is 5.41 Å². The van der Waals surface area contributed by atoms with Crippen LogP contribution in [0.3, 0.4) is 0 Å². The second kappa shape index (κ2) is 9.60. The van der Waals surface area contributed by atoms with Crippen molar-refractivity contribution in [1.29, 1.82) is 5.41 Å². The van der Waals surface area contributed by atoms with Gasteiger partial charge in [0.05, 0.1) is 24.5 Å². The summed E-state index contributed by atoms with van der Waals surface area (Å²) in [6.45, 7) is -0.567. The number of pyridine rings is 1. The first-order valence-corrected chi connectivity index (χ1v) is 11.4. The standard InChI is InChI=1S/C24H22FN9O3/c25-15-8-19(24(37)31-17-10-28-5-4-20(17)35)33(11-15)21(36)12-34-18-2-1-13(14-3-6-29-30-9-14)7-16(18)22(32-34)23(26)27/h1-7,9-10,15,19H,8,11-12H2,(H3,26,27)(H,28,35)(H,31,37). The lowest BCUT2D eigenvalue weighted by atomic mass is 10.0. The van der Waals surface area contributed by atoms with E-state index in [0.717, 1.165) is 16.0 Å². The summed E-state index contributed by atoms with van der Waals surface area (Å²) in [5.41, 5.74) is 7.67. The predicted molar refractivity (Wildman–Crippen MR) is 132 cm³/mol. The van der Waals surface area contributed by atoms with Gasteiger partial charge in [0.15, 0.2) is 0 Å². The molecule has 12 nitrogen and oxygen atoms in total. The molecule has 1 aliphatic heterocycles. The second-order valence-electron chi connectivity index (χ2n) is 8.59. The summed E-state index contributed by atoms with van der Waals surface area (Å²) in [5.74, 6) is -1.48. The molecule has 2 unspecified atom stereocenters. The number of aromatic amines is 1. The summed E-state index contributed by atoms with van der Waals surface area (Å²) >= 11 is 0. The summed E-state index contributed by atoms with van der Waals surface area (Å²) in [6.07, 6.45) is 4.31. The van der Waals surface area contributed by atoms with E-state index in [1.54, 1.807) is 30.6 Å². The van der Waals surface area contributed by atoms with Crippen molar-refractivity contribution in [3.8, 4) is 11.1 Å². The lowest BCUT2D eigenvalue weighted by molar-refractivity contribution is -0.137. The smallest absolute Gasteiger partial charge is 0.247 e. The minimum absolute atomic E-state index is 0.00609. The van der Waals surface area contributed by atoms with Gasteiger partial charge in [-0.1, -0.05) is 6.07 Å². The number of nitrogen functional groups attached to an aromatic ring is 1. The first-order valence-electron chi connectivity index (χ1n) is 11.4. The molecule has 1 saturated heterocycles. The lowest BCUT2D eigenvalue weighted by Crippen LogP contribution is -2.45. The molecular weight excluding hydrogens is 481 g/mol. The van der Waals surface area contributed by atoms with Gasteiger partial charge in [0.2, 0.25) is 17.2 Å². The molecule has 0 aliphatic carbocycles. The number of amides is 2. The predicted octanol–water partition coefficient (Wildman–Crippen LogP) is 1.04. The van der Waals surface area contributed by atoms with Gasteiger partial charge in [0, 0.05) is 35.8 Å².